The van der Waals surface area contributed by atoms with Crippen molar-refractivity contribution in [3.63, 3.8) is 0 Å². The van der Waals surface area contributed by atoms with Gasteiger partial charge in [0.2, 0.25) is 41.4 Å². The van der Waals surface area contributed by atoms with Crippen molar-refractivity contribution in [2.24, 2.45) is 45.3 Å². The fraction of sp³-hybridized carbons (Fsp3) is 0.615. The highest BCUT2D eigenvalue weighted by atomic mass is 16.4. The van der Waals surface area contributed by atoms with E-state index < -0.39 is 96.0 Å². The third kappa shape index (κ3) is 20.9. The van der Waals surface area contributed by atoms with Crippen LogP contribution in [-0.2, 0) is 44.8 Å². The maximum Gasteiger partial charge on any atom is 0.326 e. The number of carbonyl (C=O) groups is 8. The summed E-state index contributed by atoms with van der Waals surface area (Å²) in [6, 6.07) is -3.28. The molecular formula is C39H67N13O10. The minimum Gasteiger partial charge on any atom is -0.508 e. The van der Waals surface area contributed by atoms with Crippen LogP contribution in [0.1, 0.15) is 84.1 Å². The molecule has 0 radical (unpaired) electrons. The van der Waals surface area contributed by atoms with Gasteiger partial charge in [-0.15, -0.1) is 0 Å². The Balaban J connectivity index is 3.51. The maximum atomic E-state index is 14.1. The molecule has 7 atom stereocenters. The molecule has 20 N–H and O–H groups in total. The van der Waals surface area contributed by atoms with Crippen LogP contribution in [0.5, 0.6) is 5.75 Å². The van der Waals surface area contributed by atoms with Crippen molar-refractivity contribution in [1.82, 2.24) is 31.9 Å². The second-order valence-corrected chi connectivity index (χ2v) is 15.2. The third-order valence-electron chi connectivity index (χ3n) is 9.54. The van der Waals surface area contributed by atoms with Crippen LogP contribution >= 0.6 is 0 Å². The second-order valence-electron chi connectivity index (χ2n) is 15.2. The number of aromatic hydroxyl groups is 1. The van der Waals surface area contributed by atoms with E-state index in [0.29, 0.717) is 37.8 Å². The molecule has 0 aliphatic rings. The minimum atomic E-state index is -1.73. The first kappa shape index (κ1) is 53.9. The van der Waals surface area contributed by atoms with Crippen molar-refractivity contribution in [2.75, 3.05) is 19.6 Å². The summed E-state index contributed by atoms with van der Waals surface area (Å²) in [7, 11) is 0. The molecule has 0 saturated heterocycles. The number of nitrogens with one attached hydrogen (secondary N) is 6. The van der Waals surface area contributed by atoms with E-state index in [4.69, 9.17) is 34.4 Å². The van der Waals surface area contributed by atoms with Gasteiger partial charge in [-0.25, -0.2) is 4.79 Å². The lowest BCUT2D eigenvalue weighted by Gasteiger charge is -2.27. The van der Waals surface area contributed by atoms with Crippen LogP contribution in [0, 0.1) is 5.92 Å². The number of aliphatic imine (C=N–C) groups is 1. The predicted octanol–water partition coefficient (Wildman–Crippen LogP) is -3.88. The molecule has 0 saturated carbocycles. The molecule has 0 aromatic heterocycles. The highest BCUT2D eigenvalue weighted by Crippen LogP contribution is 2.13. The SMILES string of the molecule is CC(C)[C@H](N)C(=O)N[C@@H](C)C(=O)N[C@@H](CCCCN)C(=O)N[C@@H](CCCCN)C(=O)N[C@@H](Cc1ccc(O)cc1)C(=O)N[C@@H](CCCN=C(N)N)C(=O)N[C@@H](CC(N)=O)C(=O)O. The Morgan fingerprint density at radius 3 is 1.47 bits per heavy atom. The summed E-state index contributed by atoms with van der Waals surface area (Å²) in [4.78, 5) is 109. The van der Waals surface area contributed by atoms with Crippen molar-refractivity contribution in [3.8, 4) is 5.75 Å². The van der Waals surface area contributed by atoms with Crippen LogP contribution in [0.4, 0.5) is 0 Å². The Hall–Kier alpha value is -6.07. The number of aliphatic carboxylic acids is 1. The van der Waals surface area contributed by atoms with Crippen LogP contribution < -0.4 is 66.3 Å². The Morgan fingerprint density at radius 2 is 1.03 bits per heavy atom. The molecule has 62 heavy (non-hydrogen) atoms. The molecule has 0 aliphatic carbocycles. The Bertz CT molecular complexity index is 1670. The summed E-state index contributed by atoms with van der Waals surface area (Å²) in [5.74, 6) is -7.76. The lowest BCUT2D eigenvalue weighted by molar-refractivity contribution is -0.143. The lowest BCUT2D eigenvalue weighted by Crippen LogP contribution is -2.60. The van der Waals surface area contributed by atoms with Crippen LogP contribution in [0.2, 0.25) is 0 Å². The molecule has 1 aromatic rings. The topological polar surface area (TPSA) is 418 Å². The number of nitrogens with zero attached hydrogens (tertiary/aromatic N) is 1. The van der Waals surface area contributed by atoms with Gasteiger partial charge in [-0.1, -0.05) is 26.0 Å². The number of rotatable bonds is 30. The lowest BCUT2D eigenvalue weighted by atomic mass is 10.0. The first-order valence-corrected chi connectivity index (χ1v) is 20.5. The van der Waals surface area contributed by atoms with Crippen LogP contribution in [-0.4, -0.2) is 125 Å². The number of phenols is 1. The van der Waals surface area contributed by atoms with Gasteiger partial charge in [0.05, 0.1) is 12.5 Å². The van der Waals surface area contributed by atoms with E-state index in [1.54, 1.807) is 13.8 Å². The second kappa shape index (κ2) is 28.5. The number of benzene rings is 1. The Morgan fingerprint density at radius 1 is 0.597 bits per heavy atom. The molecule has 0 fully saturated rings. The summed E-state index contributed by atoms with van der Waals surface area (Å²) >= 11 is 0. The van der Waals surface area contributed by atoms with Gasteiger partial charge >= 0.3 is 5.97 Å². The van der Waals surface area contributed by atoms with Gasteiger partial charge in [0.25, 0.3) is 0 Å². The van der Waals surface area contributed by atoms with E-state index in [2.05, 4.69) is 36.9 Å². The molecular weight excluding hydrogens is 811 g/mol. The van der Waals surface area contributed by atoms with E-state index in [9.17, 15) is 48.6 Å². The summed E-state index contributed by atoms with van der Waals surface area (Å²) in [5, 5.41) is 34.7. The molecule has 0 heterocycles. The minimum absolute atomic E-state index is 0.0248. The average molecular weight is 878 g/mol. The van der Waals surface area contributed by atoms with E-state index in [1.807, 2.05) is 0 Å². The van der Waals surface area contributed by atoms with E-state index in [1.165, 1.54) is 31.2 Å². The van der Waals surface area contributed by atoms with Crippen molar-refractivity contribution in [3.05, 3.63) is 29.8 Å². The zero-order valence-corrected chi connectivity index (χ0v) is 35.7. The highest BCUT2D eigenvalue weighted by Gasteiger charge is 2.33. The number of primary amides is 1. The number of carbonyl (C=O) groups excluding carboxylic acids is 7. The van der Waals surface area contributed by atoms with Gasteiger partial charge in [0.15, 0.2) is 5.96 Å². The first-order chi connectivity index (χ1) is 29.2. The van der Waals surface area contributed by atoms with Gasteiger partial charge in [0, 0.05) is 13.0 Å². The summed E-state index contributed by atoms with van der Waals surface area (Å²) in [6.45, 7) is 5.53. The van der Waals surface area contributed by atoms with Crippen LogP contribution in [0.25, 0.3) is 0 Å². The molecule has 23 heteroatoms. The Kier molecular flexibility index (Phi) is 24.8. The normalized spacial score (nSPS) is 14.4. The van der Waals surface area contributed by atoms with Gasteiger partial charge in [-0.05, 0) is 95.0 Å². The molecule has 1 rings (SSSR count). The van der Waals surface area contributed by atoms with Crippen LogP contribution in [0.15, 0.2) is 29.3 Å². The summed E-state index contributed by atoms with van der Waals surface area (Å²) in [6.07, 6.45) is 0.997. The number of unbranched alkanes of at least 4 members (excludes halogenated alkanes) is 2. The van der Waals surface area contributed by atoms with Gasteiger partial charge in [0.1, 0.15) is 42.0 Å². The smallest absolute Gasteiger partial charge is 0.326 e. The number of carboxylic acid groups (broad SMARTS) is 1. The van der Waals surface area contributed by atoms with E-state index in [0.717, 1.165) is 0 Å². The van der Waals surface area contributed by atoms with Crippen molar-refractivity contribution in [2.45, 2.75) is 127 Å². The quantitative estimate of drug-likeness (QED) is 0.0200. The fourth-order valence-electron chi connectivity index (χ4n) is 5.84. The Labute approximate surface area is 361 Å². The fourth-order valence-corrected chi connectivity index (χ4v) is 5.84. The summed E-state index contributed by atoms with van der Waals surface area (Å²) < 4.78 is 0. The maximum absolute atomic E-state index is 14.1. The van der Waals surface area contributed by atoms with Gasteiger partial charge in [-0.2, -0.15) is 0 Å². The molecule has 7 amide bonds. The first-order valence-electron chi connectivity index (χ1n) is 20.5. The molecule has 0 bridgehead atoms. The molecule has 0 unspecified atom stereocenters. The number of phenolic OH excluding ortho intramolecular Hbond substituents is 1. The summed E-state index contributed by atoms with van der Waals surface area (Å²) in [5.41, 5.74) is 33.8. The number of guanidine groups is 1. The van der Waals surface area contributed by atoms with Crippen LogP contribution in [0.3, 0.4) is 0 Å². The zero-order chi connectivity index (χ0) is 46.9. The van der Waals surface area contributed by atoms with Crippen molar-refractivity contribution >= 4 is 53.3 Å². The van der Waals surface area contributed by atoms with Crippen molar-refractivity contribution in [1.29, 1.82) is 0 Å². The molecule has 1 aromatic carbocycles. The molecule has 23 nitrogen and oxygen atoms in total. The molecule has 0 spiro atoms. The third-order valence-corrected chi connectivity index (χ3v) is 9.54. The van der Waals surface area contributed by atoms with E-state index >= 15 is 0 Å². The van der Waals surface area contributed by atoms with Crippen molar-refractivity contribution < 1.29 is 48.6 Å². The predicted molar refractivity (Wildman–Crippen MR) is 229 cm³/mol. The van der Waals surface area contributed by atoms with Gasteiger partial charge in [-0.3, -0.25) is 38.6 Å². The number of carboxylic acids is 1. The average Bonchev–Trinajstić information content (AvgIpc) is 3.20. The van der Waals surface area contributed by atoms with Gasteiger partial charge < -0.3 is 76.5 Å². The molecule has 348 valence electrons. The number of amides is 7. The molecule has 0 aliphatic heterocycles. The van der Waals surface area contributed by atoms with E-state index in [-0.39, 0.29) is 62.8 Å². The standard InChI is InChI=1S/C39H67N13O10/c1-21(2)31(43)37(60)47-22(3)32(55)48-25(9-4-6-16-40)33(56)49-26(10-5-7-17-41)34(57)51-28(19-23-12-14-24(53)15-13-23)36(59)50-27(11-8-18-46-39(44)45)35(58)52-29(38(61)62)20-30(42)54/h12-15,21-22,25-29,31,53H,4-11,16-20,40-41,43H2,1-3H3,(H2,42,54)(H,47,60)(H,48,55)(H,49,56)(H,50,59)(H,51,57)(H,52,58)(H,61,62)(H4,44,45,46)/t22-,25-,26-,27-,28-,29-,31-/m0/s1. The largest absolute Gasteiger partial charge is 0.508 e. The monoisotopic (exact) mass is 878 g/mol. The zero-order valence-electron chi connectivity index (χ0n) is 35.7. The highest BCUT2D eigenvalue weighted by molar-refractivity contribution is 5.97. The number of hydrogen-bond donors (Lipinski definition) is 14. The number of nitrogens with two attached hydrogens (primary N) is 6. The number of hydrogen-bond acceptors (Lipinski definition) is 13.